The van der Waals surface area contributed by atoms with Crippen molar-refractivity contribution in [1.29, 1.82) is 5.26 Å². The van der Waals surface area contributed by atoms with Gasteiger partial charge in [-0.15, -0.1) is 5.10 Å². The van der Waals surface area contributed by atoms with Crippen molar-refractivity contribution in [1.82, 2.24) is 20.3 Å². The van der Waals surface area contributed by atoms with Gasteiger partial charge in [0, 0.05) is 6.07 Å². The first-order valence-corrected chi connectivity index (χ1v) is 7.39. The van der Waals surface area contributed by atoms with Crippen molar-refractivity contribution in [3.8, 4) is 11.9 Å². The molecule has 2 rings (SSSR count). The summed E-state index contributed by atoms with van der Waals surface area (Å²) in [6.45, 7) is 1.97. The lowest BCUT2D eigenvalue weighted by atomic mass is 10.2. The number of nitrogens with zero attached hydrogens (tertiary/aromatic N) is 5. The SMILES string of the molecule is CCc1cn(-c2ccc(N=C(NC#N)SC)c(F)c2)nn1. The maximum Gasteiger partial charge on any atom is 0.183 e. The van der Waals surface area contributed by atoms with E-state index >= 15 is 0 Å². The molecule has 0 amide bonds. The molecule has 0 aliphatic rings. The Balaban J connectivity index is 2.31. The second-order valence-corrected chi connectivity index (χ2v) is 4.80. The van der Waals surface area contributed by atoms with Gasteiger partial charge in [0.1, 0.15) is 5.69 Å². The number of halogens is 1. The minimum Gasteiger partial charge on any atom is -0.271 e. The summed E-state index contributed by atoms with van der Waals surface area (Å²) >= 11 is 1.23. The van der Waals surface area contributed by atoms with Crippen LogP contribution < -0.4 is 5.32 Å². The third kappa shape index (κ3) is 3.58. The fourth-order valence-corrected chi connectivity index (χ4v) is 1.93. The zero-order valence-electron chi connectivity index (χ0n) is 11.5. The van der Waals surface area contributed by atoms with Crippen LogP contribution in [0.2, 0.25) is 0 Å². The van der Waals surface area contributed by atoms with Crippen LogP contribution in [0.25, 0.3) is 5.69 Å². The van der Waals surface area contributed by atoms with Crippen molar-refractivity contribution < 1.29 is 4.39 Å². The van der Waals surface area contributed by atoms with Gasteiger partial charge in [0.2, 0.25) is 0 Å². The average molecular weight is 304 g/mol. The summed E-state index contributed by atoms with van der Waals surface area (Å²) in [5.41, 5.74) is 1.56. The number of nitrogens with one attached hydrogen (secondary N) is 1. The summed E-state index contributed by atoms with van der Waals surface area (Å²) < 4.78 is 15.6. The van der Waals surface area contributed by atoms with Crippen LogP contribution in [-0.2, 0) is 6.42 Å². The first kappa shape index (κ1) is 15.0. The molecule has 1 N–H and O–H groups in total. The molecule has 0 saturated carbocycles. The van der Waals surface area contributed by atoms with Crippen molar-refractivity contribution in [2.45, 2.75) is 13.3 Å². The van der Waals surface area contributed by atoms with Gasteiger partial charge in [0.05, 0.1) is 17.6 Å². The smallest absolute Gasteiger partial charge is 0.183 e. The summed E-state index contributed by atoms with van der Waals surface area (Å²) in [7, 11) is 0. The summed E-state index contributed by atoms with van der Waals surface area (Å²) in [5.74, 6) is -0.493. The van der Waals surface area contributed by atoms with Crippen molar-refractivity contribution in [3.05, 3.63) is 35.9 Å². The molecule has 2 aromatic rings. The standard InChI is InChI=1S/C13H13FN6S/c1-3-9-7-20(19-18-9)10-4-5-12(11(14)6-10)17-13(21-2)16-8-15/h4-7H,3H2,1-2H3,(H,16,17). The van der Waals surface area contributed by atoms with Gasteiger partial charge in [0.15, 0.2) is 17.2 Å². The molecule has 0 aliphatic carbocycles. The number of aliphatic imine (C=N–C) groups is 1. The minimum absolute atomic E-state index is 0.154. The van der Waals surface area contributed by atoms with Crippen molar-refractivity contribution >= 4 is 22.6 Å². The summed E-state index contributed by atoms with van der Waals surface area (Å²) in [6.07, 6.45) is 6.02. The number of hydrogen-bond donors (Lipinski definition) is 1. The molecule has 8 heteroatoms. The zero-order valence-corrected chi connectivity index (χ0v) is 12.4. The molecule has 1 aromatic heterocycles. The minimum atomic E-state index is -0.493. The number of aryl methyl sites for hydroxylation is 1. The van der Waals surface area contributed by atoms with Gasteiger partial charge < -0.3 is 0 Å². The van der Waals surface area contributed by atoms with E-state index in [1.807, 2.05) is 6.92 Å². The van der Waals surface area contributed by atoms with E-state index in [2.05, 4.69) is 20.6 Å². The second kappa shape index (κ2) is 6.85. The Morgan fingerprint density at radius 3 is 2.95 bits per heavy atom. The van der Waals surface area contributed by atoms with E-state index in [1.165, 1.54) is 28.6 Å². The molecule has 1 aromatic carbocycles. The first-order valence-electron chi connectivity index (χ1n) is 6.16. The number of aromatic nitrogens is 3. The number of nitriles is 1. The van der Waals surface area contributed by atoms with Crippen LogP contribution in [-0.4, -0.2) is 26.4 Å². The highest BCUT2D eigenvalue weighted by atomic mass is 32.2. The van der Waals surface area contributed by atoms with Crippen molar-refractivity contribution in [2.75, 3.05) is 6.26 Å². The fourth-order valence-electron chi connectivity index (χ4n) is 1.60. The van der Waals surface area contributed by atoms with Crippen molar-refractivity contribution in [3.63, 3.8) is 0 Å². The number of rotatable bonds is 3. The van der Waals surface area contributed by atoms with Gasteiger partial charge in [-0.1, -0.05) is 23.9 Å². The Morgan fingerprint density at radius 1 is 1.57 bits per heavy atom. The number of benzene rings is 1. The van der Waals surface area contributed by atoms with Gasteiger partial charge in [-0.05, 0) is 24.8 Å². The molecule has 21 heavy (non-hydrogen) atoms. The third-order valence-corrected chi connectivity index (χ3v) is 3.26. The predicted octanol–water partition coefficient (Wildman–Crippen LogP) is 2.39. The molecule has 0 atom stereocenters. The van der Waals surface area contributed by atoms with E-state index in [0.29, 0.717) is 10.9 Å². The first-order chi connectivity index (χ1) is 10.2. The zero-order chi connectivity index (χ0) is 15.2. The molecular formula is C13H13FN6S. The second-order valence-electron chi connectivity index (χ2n) is 4.00. The molecule has 0 bridgehead atoms. The van der Waals surface area contributed by atoms with Gasteiger partial charge >= 0.3 is 0 Å². The van der Waals surface area contributed by atoms with Crippen molar-refractivity contribution in [2.24, 2.45) is 4.99 Å². The molecule has 108 valence electrons. The summed E-state index contributed by atoms with van der Waals surface area (Å²) in [4.78, 5) is 4.05. The Morgan fingerprint density at radius 2 is 2.38 bits per heavy atom. The van der Waals surface area contributed by atoms with Crippen LogP contribution in [0, 0.1) is 17.3 Å². The van der Waals surface area contributed by atoms with E-state index in [-0.39, 0.29) is 5.69 Å². The highest BCUT2D eigenvalue weighted by Gasteiger charge is 2.07. The average Bonchev–Trinajstić information content (AvgIpc) is 2.97. The molecular weight excluding hydrogens is 291 g/mol. The lowest BCUT2D eigenvalue weighted by molar-refractivity contribution is 0.627. The largest absolute Gasteiger partial charge is 0.271 e. The Hall–Kier alpha value is -2.40. The molecule has 0 radical (unpaired) electrons. The van der Waals surface area contributed by atoms with E-state index in [4.69, 9.17) is 5.26 Å². The molecule has 0 spiro atoms. The summed E-state index contributed by atoms with van der Waals surface area (Å²) in [6, 6.07) is 4.56. The fraction of sp³-hybridized carbons (Fsp3) is 0.231. The van der Waals surface area contributed by atoms with Gasteiger partial charge in [-0.2, -0.15) is 5.26 Å². The van der Waals surface area contributed by atoms with Crippen LogP contribution in [0.1, 0.15) is 12.6 Å². The molecule has 0 unspecified atom stereocenters. The Bertz CT molecular complexity index is 703. The quantitative estimate of drug-likeness (QED) is 0.408. The van der Waals surface area contributed by atoms with Crippen LogP contribution in [0.3, 0.4) is 0 Å². The maximum absolute atomic E-state index is 14.1. The lowest BCUT2D eigenvalue weighted by Gasteiger charge is -2.04. The topological polar surface area (TPSA) is 78.9 Å². The molecule has 0 saturated heterocycles. The lowest BCUT2D eigenvalue weighted by Crippen LogP contribution is -2.12. The number of amidine groups is 1. The Labute approximate surface area is 125 Å². The number of hydrogen-bond acceptors (Lipinski definition) is 5. The third-order valence-electron chi connectivity index (χ3n) is 2.68. The Kier molecular flexibility index (Phi) is 4.90. The molecule has 6 nitrogen and oxygen atoms in total. The molecule has 0 fully saturated rings. The number of thioether (sulfide) groups is 1. The van der Waals surface area contributed by atoms with Crippen LogP contribution >= 0.6 is 11.8 Å². The predicted molar refractivity (Wildman–Crippen MR) is 80.1 cm³/mol. The normalized spacial score (nSPS) is 11.2. The van der Waals surface area contributed by atoms with E-state index in [9.17, 15) is 4.39 Å². The highest BCUT2D eigenvalue weighted by Crippen LogP contribution is 2.22. The van der Waals surface area contributed by atoms with E-state index in [0.717, 1.165) is 12.1 Å². The van der Waals surface area contributed by atoms with Crippen LogP contribution in [0.5, 0.6) is 0 Å². The molecule has 1 heterocycles. The van der Waals surface area contributed by atoms with Crippen LogP contribution in [0.15, 0.2) is 29.4 Å². The van der Waals surface area contributed by atoms with Gasteiger partial charge in [-0.3, -0.25) is 5.32 Å². The monoisotopic (exact) mass is 304 g/mol. The van der Waals surface area contributed by atoms with E-state index in [1.54, 1.807) is 24.7 Å². The van der Waals surface area contributed by atoms with E-state index < -0.39 is 5.82 Å². The van der Waals surface area contributed by atoms with Gasteiger partial charge in [0.25, 0.3) is 0 Å². The molecule has 0 aliphatic heterocycles. The van der Waals surface area contributed by atoms with Gasteiger partial charge in [-0.25, -0.2) is 14.1 Å². The highest BCUT2D eigenvalue weighted by molar-refractivity contribution is 8.13. The maximum atomic E-state index is 14.1. The van der Waals surface area contributed by atoms with Crippen LogP contribution in [0.4, 0.5) is 10.1 Å². The summed E-state index contributed by atoms with van der Waals surface area (Å²) in [5, 5.41) is 19.2.